The Balaban J connectivity index is 2.12. The molecule has 6 heteroatoms. The second kappa shape index (κ2) is 5.87. The quantitative estimate of drug-likeness (QED) is 0.873. The Labute approximate surface area is 123 Å². The van der Waals surface area contributed by atoms with Gasteiger partial charge in [0.2, 0.25) is 5.91 Å². The highest BCUT2D eigenvalue weighted by atomic mass is 16.2. The highest BCUT2D eigenvalue weighted by molar-refractivity contribution is 5.94. The standard InChI is InChI=1S/C15H18N4O2/c1-9-5-6-10(2)13(7-9)16-14(21)8-19-11(3)15(12(4)20)17-18-19/h5-7H,8H2,1-4H3,(H,16,21). The van der Waals surface area contributed by atoms with E-state index in [1.54, 1.807) is 6.92 Å². The lowest BCUT2D eigenvalue weighted by Crippen LogP contribution is -2.21. The normalized spacial score (nSPS) is 10.5. The van der Waals surface area contributed by atoms with E-state index in [2.05, 4.69) is 15.6 Å². The van der Waals surface area contributed by atoms with E-state index in [0.29, 0.717) is 11.4 Å². The zero-order valence-electron chi connectivity index (χ0n) is 12.6. The van der Waals surface area contributed by atoms with Gasteiger partial charge in [0.15, 0.2) is 11.5 Å². The number of hydrogen-bond donors (Lipinski definition) is 1. The average molecular weight is 286 g/mol. The Kier molecular flexibility index (Phi) is 4.16. The van der Waals surface area contributed by atoms with Crippen molar-refractivity contribution in [2.75, 3.05) is 5.32 Å². The van der Waals surface area contributed by atoms with E-state index in [-0.39, 0.29) is 18.2 Å². The molecule has 0 fully saturated rings. The minimum absolute atomic E-state index is 0.0273. The van der Waals surface area contributed by atoms with Crippen molar-refractivity contribution in [1.82, 2.24) is 15.0 Å². The molecule has 0 aliphatic heterocycles. The second-order valence-electron chi connectivity index (χ2n) is 5.10. The fourth-order valence-electron chi connectivity index (χ4n) is 2.03. The maximum atomic E-state index is 12.1. The molecule has 6 nitrogen and oxygen atoms in total. The molecular formula is C15H18N4O2. The summed E-state index contributed by atoms with van der Waals surface area (Å²) >= 11 is 0. The summed E-state index contributed by atoms with van der Waals surface area (Å²) in [6.45, 7) is 7.08. The zero-order valence-corrected chi connectivity index (χ0v) is 12.6. The largest absolute Gasteiger partial charge is 0.324 e. The first-order valence-corrected chi connectivity index (χ1v) is 6.66. The lowest BCUT2D eigenvalue weighted by molar-refractivity contribution is -0.117. The van der Waals surface area contributed by atoms with Crippen molar-refractivity contribution in [3.05, 3.63) is 40.7 Å². The van der Waals surface area contributed by atoms with Crippen LogP contribution >= 0.6 is 0 Å². The van der Waals surface area contributed by atoms with Crippen LogP contribution in [0.25, 0.3) is 0 Å². The molecule has 0 radical (unpaired) electrons. The lowest BCUT2D eigenvalue weighted by Gasteiger charge is -2.09. The number of anilines is 1. The van der Waals surface area contributed by atoms with Crippen molar-refractivity contribution in [3.63, 3.8) is 0 Å². The summed E-state index contributed by atoms with van der Waals surface area (Å²) in [7, 11) is 0. The van der Waals surface area contributed by atoms with Crippen LogP contribution < -0.4 is 5.32 Å². The smallest absolute Gasteiger partial charge is 0.246 e. The molecule has 1 aromatic carbocycles. The molecule has 0 aliphatic rings. The van der Waals surface area contributed by atoms with E-state index in [9.17, 15) is 9.59 Å². The van der Waals surface area contributed by atoms with Gasteiger partial charge in [-0.05, 0) is 38.0 Å². The summed E-state index contributed by atoms with van der Waals surface area (Å²) in [6.07, 6.45) is 0. The van der Waals surface area contributed by atoms with E-state index in [1.807, 2.05) is 32.0 Å². The first-order chi connectivity index (χ1) is 9.88. The highest BCUT2D eigenvalue weighted by Crippen LogP contribution is 2.16. The number of aryl methyl sites for hydroxylation is 2. The van der Waals surface area contributed by atoms with Crippen molar-refractivity contribution in [2.45, 2.75) is 34.2 Å². The Morgan fingerprint density at radius 1 is 1.24 bits per heavy atom. The summed E-state index contributed by atoms with van der Waals surface area (Å²) in [5.41, 5.74) is 3.75. The molecule has 0 bridgehead atoms. The number of nitrogens with one attached hydrogen (secondary N) is 1. The molecule has 0 saturated heterocycles. The van der Waals surface area contributed by atoms with Crippen molar-refractivity contribution < 1.29 is 9.59 Å². The number of rotatable bonds is 4. The van der Waals surface area contributed by atoms with Gasteiger partial charge in [-0.1, -0.05) is 17.3 Å². The Morgan fingerprint density at radius 2 is 1.95 bits per heavy atom. The van der Waals surface area contributed by atoms with Crippen molar-refractivity contribution in [2.24, 2.45) is 0 Å². The van der Waals surface area contributed by atoms with Gasteiger partial charge in [0.1, 0.15) is 6.54 Å². The van der Waals surface area contributed by atoms with E-state index >= 15 is 0 Å². The fraction of sp³-hybridized carbons (Fsp3) is 0.333. The van der Waals surface area contributed by atoms with E-state index < -0.39 is 0 Å². The number of carbonyl (C=O) groups is 2. The monoisotopic (exact) mass is 286 g/mol. The molecule has 0 saturated carbocycles. The fourth-order valence-corrected chi connectivity index (χ4v) is 2.03. The second-order valence-corrected chi connectivity index (χ2v) is 5.10. The minimum atomic E-state index is -0.202. The molecule has 2 rings (SSSR count). The third-order valence-electron chi connectivity index (χ3n) is 3.28. The van der Waals surface area contributed by atoms with Gasteiger partial charge in [-0.2, -0.15) is 0 Å². The van der Waals surface area contributed by atoms with Gasteiger partial charge in [-0.15, -0.1) is 5.10 Å². The SMILES string of the molecule is CC(=O)c1nnn(CC(=O)Nc2cc(C)ccc2C)c1C. The molecule has 1 heterocycles. The third-order valence-corrected chi connectivity index (χ3v) is 3.28. The molecule has 110 valence electrons. The number of ketones is 1. The van der Waals surface area contributed by atoms with Crippen LogP contribution in [0.15, 0.2) is 18.2 Å². The van der Waals surface area contributed by atoms with Gasteiger partial charge in [-0.25, -0.2) is 4.68 Å². The molecule has 0 spiro atoms. The van der Waals surface area contributed by atoms with Crippen LogP contribution in [0.5, 0.6) is 0 Å². The van der Waals surface area contributed by atoms with Gasteiger partial charge < -0.3 is 5.32 Å². The van der Waals surface area contributed by atoms with Crippen LogP contribution in [-0.2, 0) is 11.3 Å². The summed E-state index contributed by atoms with van der Waals surface area (Å²) in [5, 5.41) is 10.5. The average Bonchev–Trinajstić information content (AvgIpc) is 2.75. The van der Waals surface area contributed by atoms with Crippen molar-refractivity contribution in [1.29, 1.82) is 0 Å². The maximum absolute atomic E-state index is 12.1. The lowest BCUT2D eigenvalue weighted by atomic mass is 10.1. The summed E-state index contributed by atoms with van der Waals surface area (Å²) in [4.78, 5) is 23.4. The minimum Gasteiger partial charge on any atom is -0.324 e. The molecule has 0 aliphatic carbocycles. The maximum Gasteiger partial charge on any atom is 0.246 e. The molecular weight excluding hydrogens is 268 g/mol. The van der Waals surface area contributed by atoms with E-state index in [4.69, 9.17) is 0 Å². The van der Waals surface area contributed by atoms with Gasteiger partial charge in [0, 0.05) is 12.6 Å². The first-order valence-electron chi connectivity index (χ1n) is 6.66. The molecule has 1 amide bonds. The highest BCUT2D eigenvalue weighted by Gasteiger charge is 2.15. The van der Waals surface area contributed by atoms with Crippen LogP contribution in [0.4, 0.5) is 5.69 Å². The zero-order chi connectivity index (χ0) is 15.6. The van der Waals surface area contributed by atoms with E-state index in [1.165, 1.54) is 11.6 Å². The van der Waals surface area contributed by atoms with Crippen LogP contribution in [0.3, 0.4) is 0 Å². The molecule has 0 atom stereocenters. The summed E-state index contributed by atoms with van der Waals surface area (Å²) < 4.78 is 1.43. The Morgan fingerprint density at radius 3 is 2.57 bits per heavy atom. The predicted octanol–water partition coefficient (Wildman–Crippen LogP) is 2.04. The van der Waals surface area contributed by atoms with Crippen LogP contribution in [0, 0.1) is 20.8 Å². The van der Waals surface area contributed by atoms with Crippen LogP contribution in [0.1, 0.15) is 34.2 Å². The van der Waals surface area contributed by atoms with Crippen LogP contribution in [0.2, 0.25) is 0 Å². The van der Waals surface area contributed by atoms with Gasteiger partial charge in [-0.3, -0.25) is 9.59 Å². The number of carbonyl (C=O) groups excluding carboxylic acids is 2. The Hall–Kier alpha value is -2.50. The van der Waals surface area contributed by atoms with Gasteiger partial charge in [0.25, 0.3) is 0 Å². The summed E-state index contributed by atoms with van der Waals surface area (Å²) in [6, 6.07) is 5.87. The first kappa shape index (κ1) is 14.9. The molecule has 1 N–H and O–H groups in total. The third kappa shape index (κ3) is 3.34. The molecule has 21 heavy (non-hydrogen) atoms. The molecule has 0 unspecified atom stereocenters. The predicted molar refractivity (Wildman–Crippen MR) is 79.3 cm³/mol. The van der Waals surface area contributed by atoms with Gasteiger partial charge in [0.05, 0.1) is 5.69 Å². The topological polar surface area (TPSA) is 76.9 Å². The summed E-state index contributed by atoms with van der Waals surface area (Å²) in [5.74, 6) is -0.361. The van der Waals surface area contributed by atoms with Crippen molar-refractivity contribution in [3.8, 4) is 0 Å². The number of hydrogen-bond acceptors (Lipinski definition) is 4. The number of amides is 1. The number of benzene rings is 1. The molecule has 1 aromatic heterocycles. The Bertz CT molecular complexity index is 704. The number of aromatic nitrogens is 3. The van der Waals surface area contributed by atoms with E-state index in [0.717, 1.165) is 16.8 Å². The van der Waals surface area contributed by atoms with Crippen molar-refractivity contribution >= 4 is 17.4 Å². The van der Waals surface area contributed by atoms with Gasteiger partial charge >= 0.3 is 0 Å². The number of nitrogens with zero attached hydrogens (tertiary/aromatic N) is 3. The molecule has 2 aromatic rings. The van der Waals surface area contributed by atoms with Crippen LogP contribution in [-0.4, -0.2) is 26.7 Å². The number of Topliss-reactive ketones (excluding diaryl/α,β-unsaturated/α-hetero) is 1.